The molecular weight excluding hydrogens is 272 g/mol. The molecule has 0 heterocycles. The van der Waals surface area contributed by atoms with Crippen molar-refractivity contribution in [3.63, 3.8) is 0 Å². The Morgan fingerprint density at radius 1 is 1.05 bits per heavy atom. The highest BCUT2D eigenvalue weighted by Gasteiger charge is 2.08. The van der Waals surface area contributed by atoms with Crippen LogP contribution in [0.3, 0.4) is 0 Å². The van der Waals surface area contributed by atoms with Crippen LogP contribution in [0.5, 0.6) is 5.75 Å². The van der Waals surface area contributed by atoms with Crippen LogP contribution < -0.4 is 0 Å². The van der Waals surface area contributed by atoms with Crippen LogP contribution in [-0.2, 0) is 0 Å². The molecule has 0 aliphatic carbocycles. The lowest BCUT2D eigenvalue weighted by molar-refractivity contribution is 0.104. The van der Waals surface area contributed by atoms with Crippen molar-refractivity contribution in [2.24, 2.45) is 0 Å². The Kier molecular flexibility index (Phi) is 4.75. The number of hydrogen-bond donors (Lipinski definition) is 1. The lowest BCUT2D eigenvalue weighted by Gasteiger charge is -2.00. The lowest BCUT2D eigenvalue weighted by Crippen LogP contribution is -1.94. The zero-order valence-corrected chi connectivity index (χ0v) is 11.4. The van der Waals surface area contributed by atoms with E-state index in [0.717, 1.165) is 5.56 Å². The Hall–Kier alpha value is -2.32. The van der Waals surface area contributed by atoms with Gasteiger partial charge in [-0.3, -0.25) is 4.79 Å². The first-order valence-corrected chi connectivity index (χ1v) is 6.47. The summed E-state index contributed by atoms with van der Waals surface area (Å²) >= 11 is 5.80. The van der Waals surface area contributed by atoms with Crippen LogP contribution in [0, 0.1) is 0 Å². The quantitative estimate of drug-likeness (QED) is 0.510. The average molecular weight is 285 g/mol. The third kappa shape index (κ3) is 3.84. The molecule has 0 saturated carbocycles. The van der Waals surface area contributed by atoms with Crippen LogP contribution in [0.4, 0.5) is 0 Å². The number of hydrogen-bond acceptors (Lipinski definition) is 2. The minimum absolute atomic E-state index is 0.0731. The summed E-state index contributed by atoms with van der Waals surface area (Å²) in [4.78, 5) is 11.9. The zero-order valence-electron chi connectivity index (χ0n) is 10.7. The molecule has 2 aromatic carbocycles. The van der Waals surface area contributed by atoms with Gasteiger partial charge in [-0.05, 0) is 29.8 Å². The molecule has 20 heavy (non-hydrogen) atoms. The van der Waals surface area contributed by atoms with Gasteiger partial charge in [0.1, 0.15) is 5.75 Å². The summed E-state index contributed by atoms with van der Waals surface area (Å²) < 4.78 is 0. The summed E-state index contributed by atoms with van der Waals surface area (Å²) in [5, 5.41) is 10.0. The first kappa shape index (κ1) is 14.1. The van der Waals surface area contributed by atoms with E-state index < -0.39 is 0 Å². The molecule has 2 nitrogen and oxygen atoms in total. The predicted molar refractivity (Wildman–Crippen MR) is 82.1 cm³/mol. The van der Waals surface area contributed by atoms with E-state index in [1.807, 2.05) is 36.4 Å². The summed E-state index contributed by atoms with van der Waals surface area (Å²) in [6.07, 6.45) is 6.69. The zero-order chi connectivity index (χ0) is 14.4. The number of ketones is 1. The van der Waals surface area contributed by atoms with Crippen molar-refractivity contribution in [2.75, 3.05) is 0 Å². The number of phenols is 1. The summed E-state index contributed by atoms with van der Waals surface area (Å²) in [5.41, 5.74) is 1.25. The third-order valence-electron chi connectivity index (χ3n) is 2.67. The summed E-state index contributed by atoms with van der Waals surface area (Å²) in [5.74, 6) is -0.362. The molecule has 0 aliphatic rings. The Morgan fingerprint density at radius 3 is 2.55 bits per heavy atom. The van der Waals surface area contributed by atoms with Gasteiger partial charge in [0.15, 0.2) is 5.78 Å². The standard InChI is InChI=1S/C17H13ClO2/c18-14-10-11-17(20)15(12-14)16(19)9-5-4-8-13-6-2-1-3-7-13/h1-12,20H. The van der Waals surface area contributed by atoms with Crippen molar-refractivity contribution in [1.82, 2.24) is 0 Å². The van der Waals surface area contributed by atoms with Gasteiger partial charge in [0.25, 0.3) is 0 Å². The molecule has 2 rings (SSSR count). The van der Waals surface area contributed by atoms with Crippen LogP contribution in [0.2, 0.25) is 5.02 Å². The number of aromatic hydroxyl groups is 1. The molecule has 0 fully saturated rings. The van der Waals surface area contributed by atoms with Crippen LogP contribution in [0.1, 0.15) is 15.9 Å². The molecule has 100 valence electrons. The molecule has 3 heteroatoms. The van der Waals surface area contributed by atoms with E-state index in [4.69, 9.17) is 11.6 Å². The van der Waals surface area contributed by atoms with Crippen molar-refractivity contribution in [3.8, 4) is 5.75 Å². The van der Waals surface area contributed by atoms with Gasteiger partial charge in [0, 0.05) is 5.02 Å². The van der Waals surface area contributed by atoms with Crippen molar-refractivity contribution in [2.45, 2.75) is 0 Å². The fourth-order valence-corrected chi connectivity index (χ4v) is 1.84. The van der Waals surface area contributed by atoms with Gasteiger partial charge in [-0.15, -0.1) is 0 Å². The number of halogens is 1. The minimum Gasteiger partial charge on any atom is -0.507 e. The van der Waals surface area contributed by atoms with Gasteiger partial charge >= 0.3 is 0 Å². The predicted octanol–water partition coefficient (Wildman–Crippen LogP) is 4.50. The molecule has 0 aromatic heterocycles. The summed E-state index contributed by atoms with van der Waals surface area (Å²) in [6.45, 7) is 0. The molecule has 0 spiro atoms. The number of rotatable bonds is 4. The van der Waals surface area contributed by atoms with Gasteiger partial charge in [0.2, 0.25) is 0 Å². The van der Waals surface area contributed by atoms with Gasteiger partial charge < -0.3 is 5.11 Å². The monoisotopic (exact) mass is 284 g/mol. The van der Waals surface area contributed by atoms with E-state index in [1.54, 1.807) is 12.2 Å². The van der Waals surface area contributed by atoms with Crippen molar-refractivity contribution >= 4 is 23.5 Å². The second-order valence-corrected chi connectivity index (χ2v) is 4.59. The Morgan fingerprint density at radius 2 is 1.80 bits per heavy atom. The van der Waals surface area contributed by atoms with Gasteiger partial charge in [-0.1, -0.05) is 60.2 Å². The topological polar surface area (TPSA) is 37.3 Å². The van der Waals surface area contributed by atoms with E-state index in [-0.39, 0.29) is 17.1 Å². The second kappa shape index (κ2) is 6.73. The van der Waals surface area contributed by atoms with E-state index in [1.165, 1.54) is 24.3 Å². The maximum absolute atomic E-state index is 11.9. The second-order valence-electron chi connectivity index (χ2n) is 4.15. The first-order chi connectivity index (χ1) is 9.66. The van der Waals surface area contributed by atoms with Gasteiger partial charge in [-0.2, -0.15) is 0 Å². The number of allylic oxidation sites excluding steroid dienone is 3. The number of carbonyl (C=O) groups is 1. The highest BCUT2D eigenvalue weighted by atomic mass is 35.5. The summed E-state index contributed by atoms with van der Waals surface area (Å²) in [7, 11) is 0. The smallest absolute Gasteiger partial charge is 0.189 e. The fraction of sp³-hybridized carbons (Fsp3) is 0. The average Bonchev–Trinajstić information content (AvgIpc) is 2.47. The van der Waals surface area contributed by atoms with Crippen molar-refractivity contribution in [1.29, 1.82) is 0 Å². The fourth-order valence-electron chi connectivity index (χ4n) is 1.67. The SMILES string of the molecule is O=C(C=CC=Cc1ccccc1)c1cc(Cl)ccc1O. The maximum Gasteiger partial charge on any atom is 0.189 e. The van der Waals surface area contributed by atoms with Crippen LogP contribution >= 0.6 is 11.6 Å². The van der Waals surface area contributed by atoms with Crippen molar-refractivity contribution < 1.29 is 9.90 Å². The lowest BCUT2D eigenvalue weighted by atomic mass is 10.1. The van der Waals surface area contributed by atoms with E-state index >= 15 is 0 Å². The Bertz CT molecular complexity index is 658. The molecule has 0 atom stereocenters. The summed E-state index contributed by atoms with van der Waals surface area (Å²) in [6, 6.07) is 14.2. The Balaban J connectivity index is 2.06. The highest BCUT2D eigenvalue weighted by Crippen LogP contribution is 2.22. The first-order valence-electron chi connectivity index (χ1n) is 6.09. The number of phenolic OH excluding ortho intramolecular Hbond substituents is 1. The number of benzene rings is 2. The van der Waals surface area contributed by atoms with Crippen LogP contribution in [0.15, 0.2) is 66.8 Å². The molecule has 0 bridgehead atoms. The minimum atomic E-state index is -0.289. The highest BCUT2D eigenvalue weighted by molar-refractivity contribution is 6.31. The normalized spacial score (nSPS) is 11.2. The van der Waals surface area contributed by atoms with E-state index in [2.05, 4.69) is 0 Å². The van der Waals surface area contributed by atoms with Gasteiger partial charge in [-0.25, -0.2) is 0 Å². The Labute approximate surface area is 122 Å². The van der Waals surface area contributed by atoms with Crippen LogP contribution in [0.25, 0.3) is 6.08 Å². The van der Waals surface area contributed by atoms with E-state index in [0.29, 0.717) is 5.02 Å². The molecule has 1 N–H and O–H groups in total. The molecule has 0 saturated heterocycles. The largest absolute Gasteiger partial charge is 0.507 e. The molecule has 0 amide bonds. The van der Waals surface area contributed by atoms with E-state index in [9.17, 15) is 9.90 Å². The molecule has 0 unspecified atom stereocenters. The van der Waals surface area contributed by atoms with Gasteiger partial charge in [0.05, 0.1) is 5.56 Å². The number of carbonyl (C=O) groups excluding carboxylic acids is 1. The maximum atomic E-state index is 11.9. The molecule has 0 aliphatic heterocycles. The molecular formula is C17H13ClO2. The molecule has 0 radical (unpaired) electrons. The molecule has 2 aromatic rings. The third-order valence-corrected chi connectivity index (χ3v) is 2.91. The van der Waals surface area contributed by atoms with Crippen molar-refractivity contribution in [3.05, 3.63) is 82.9 Å². The van der Waals surface area contributed by atoms with Crippen LogP contribution in [-0.4, -0.2) is 10.9 Å².